The van der Waals surface area contributed by atoms with Crippen LogP contribution in [-0.2, 0) is 23.9 Å². The minimum Gasteiger partial charge on any atom is -0.387 e. The smallest absolute Gasteiger partial charge is 0.189 e. The van der Waals surface area contributed by atoms with Crippen LogP contribution < -0.4 is 11.8 Å². The Hall–Kier alpha value is -0.520. The molecule has 0 aliphatic carbocycles. The van der Waals surface area contributed by atoms with Crippen LogP contribution in [0.15, 0.2) is 0 Å². The van der Waals surface area contributed by atoms with E-state index in [0.717, 1.165) is 0 Å². The summed E-state index contributed by atoms with van der Waals surface area (Å²) in [5, 5.41) is 59.2. The van der Waals surface area contributed by atoms with Crippen molar-refractivity contribution >= 4 is 0 Å². The highest BCUT2D eigenvalue weighted by Gasteiger charge is 2.49. The van der Waals surface area contributed by atoms with Crippen LogP contribution in [0.1, 0.15) is 0 Å². The van der Waals surface area contributed by atoms with Crippen molar-refractivity contribution in [1.29, 1.82) is 0 Å². The third kappa shape index (κ3) is 4.42. The van der Waals surface area contributed by atoms with Gasteiger partial charge in [0.1, 0.15) is 48.8 Å². The Balaban J connectivity index is 2.07. The van der Waals surface area contributed by atoms with Crippen molar-refractivity contribution in [2.45, 2.75) is 61.4 Å². The van der Waals surface area contributed by atoms with Gasteiger partial charge in [0.2, 0.25) is 0 Å². The summed E-state index contributed by atoms with van der Waals surface area (Å²) in [7, 11) is 0. The van der Waals surface area contributed by atoms with Gasteiger partial charge in [0.15, 0.2) is 12.6 Å². The second kappa shape index (κ2) is 8.92. The predicted molar refractivity (Wildman–Crippen MR) is 74.7 cm³/mol. The molecule has 0 saturated carbocycles. The van der Waals surface area contributed by atoms with Crippen molar-refractivity contribution in [2.24, 2.45) is 11.8 Å². The molecular formula is C12H24N2O11. The molecule has 2 heterocycles. The normalized spacial score (nSPS) is 48.5. The molecule has 2 fully saturated rings. The lowest BCUT2D eigenvalue weighted by molar-refractivity contribution is -0.377. The van der Waals surface area contributed by atoms with E-state index in [1.165, 1.54) is 0 Å². The highest BCUT2D eigenvalue weighted by atomic mass is 16.8. The molecule has 0 amide bonds. The molecular weight excluding hydrogens is 348 g/mol. The number of aliphatic hydroxyl groups is 6. The van der Waals surface area contributed by atoms with E-state index >= 15 is 0 Å². The van der Waals surface area contributed by atoms with Crippen molar-refractivity contribution in [2.75, 3.05) is 13.2 Å². The quantitative estimate of drug-likeness (QED) is 0.204. The Bertz CT molecular complexity index is 383. The SMILES string of the molecule is NOCC1O[C@H](O[C@H]2OC(CON)[C@@H](O)[C@H](O)C2O)C(O)[C@@H](O)[C@@H]1O. The standard InChI is InChI=1S/C12H24N2O11/c13-21-1-3-5(15)7(17)9(19)11(23-3)25-12-10(20)8(18)6(16)4(24-12)2-22-14/h3-12,15-20H,1-2,13-14H2/t3?,4?,5-,6-,7+,8+,9?,10?,11-,12-/m1/s1. The van der Waals surface area contributed by atoms with Crippen molar-refractivity contribution in [3.63, 3.8) is 0 Å². The number of nitrogens with two attached hydrogens (primary N) is 2. The highest BCUT2D eigenvalue weighted by molar-refractivity contribution is 4.92. The monoisotopic (exact) mass is 372 g/mol. The lowest BCUT2D eigenvalue weighted by Crippen LogP contribution is -2.64. The van der Waals surface area contributed by atoms with Gasteiger partial charge in [-0.2, -0.15) is 0 Å². The fourth-order valence-electron chi connectivity index (χ4n) is 2.66. The first-order valence-corrected chi connectivity index (χ1v) is 7.50. The van der Waals surface area contributed by atoms with Crippen LogP contribution in [0, 0.1) is 0 Å². The molecule has 0 aromatic heterocycles. The molecule has 2 aliphatic heterocycles. The number of aliphatic hydroxyl groups excluding tert-OH is 6. The summed E-state index contributed by atoms with van der Waals surface area (Å²) >= 11 is 0. The molecule has 0 aromatic rings. The summed E-state index contributed by atoms with van der Waals surface area (Å²) in [6.07, 6.45) is -15.1. The Morgan fingerprint density at radius 3 is 1.28 bits per heavy atom. The zero-order valence-corrected chi connectivity index (χ0v) is 13.1. The first-order valence-electron chi connectivity index (χ1n) is 7.50. The van der Waals surface area contributed by atoms with Gasteiger partial charge in [-0.05, 0) is 0 Å². The maximum atomic E-state index is 9.97. The average Bonchev–Trinajstić information content (AvgIpc) is 2.59. The molecule has 10 N–H and O–H groups in total. The van der Waals surface area contributed by atoms with E-state index in [2.05, 4.69) is 9.68 Å². The average molecular weight is 372 g/mol. The van der Waals surface area contributed by atoms with Gasteiger partial charge in [-0.1, -0.05) is 0 Å². The largest absolute Gasteiger partial charge is 0.387 e. The molecule has 2 rings (SSSR count). The number of hydrogen-bond acceptors (Lipinski definition) is 13. The fraction of sp³-hybridized carbons (Fsp3) is 1.00. The van der Waals surface area contributed by atoms with E-state index in [4.69, 9.17) is 26.0 Å². The molecule has 10 atom stereocenters. The van der Waals surface area contributed by atoms with E-state index in [1.807, 2.05) is 0 Å². The van der Waals surface area contributed by atoms with E-state index in [-0.39, 0.29) is 13.2 Å². The van der Waals surface area contributed by atoms with Gasteiger partial charge in [0.05, 0.1) is 13.2 Å². The van der Waals surface area contributed by atoms with E-state index in [9.17, 15) is 30.6 Å². The zero-order chi connectivity index (χ0) is 18.7. The van der Waals surface area contributed by atoms with Crippen LogP contribution in [0.2, 0.25) is 0 Å². The van der Waals surface area contributed by atoms with Crippen LogP contribution in [0.5, 0.6) is 0 Å². The molecule has 148 valence electrons. The van der Waals surface area contributed by atoms with Gasteiger partial charge >= 0.3 is 0 Å². The van der Waals surface area contributed by atoms with Crippen molar-refractivity contribution < 1.29 is 54.5 Å². The Morgan fingerprint density at radius 1 is 0.600 bits per heavy atom. The first-order chi connectivity index (χ1) is 11.8. The zero-order valence-electron chi connectivity index (χ0n) is 13.1. The predicted octanol–water partition coefficient (Wildman–Crippen LogP) is -5.60. The molecule has 0 spiro atoms. The Kier molecular flexibility index (Phi) is 7.41. The maximum Gasteiger partial charge on any atom is 0.189 e. The molecule has 25 heavy (non-hydrogen) atoms. The molecule has 0 radical (unpaired) electrons. The number of ether oxygens (including phenoxy) is 3. The first kappa shape index (κ1) is 20.8. The molecule has 4 unspecified atom stereocenters. The van der Waals surface area contributed by atoms with E-state index in [0.29, 0.717) is 0 Å². The second-order valence-corrected chi connectivity index (χ2v) is 5.83. The summed E-state index contributed by atoms with van der Waals surface area (Å²) in [4.78, 5) is 8.71. The summed E-state index contributed by atoms with van der Waals surface area (Å²) in [6, 6.07) is 0. The summed E-state index contributed by atoms with van der Waals surface area (Å²) < 4.78 is 15.8. The minimum atomic E-state index is -1.70. The molecule has 2 aliphatic rings. The molecule has 2 saturated heterocycles. The van der Waals surface area contributed by atoms with Gasteiger partial charge in [-0.15, -0.1) is 0 Å². The van der Waals surface area contributed by atoms with Crippen LogP contribution in [0.4, 0.5) is 0 Å². The molecule has 13 heteroatoms. The van der Waals surface area contributed by atoms with Gasteiger partial charge in [-0.3, -0.25) is 0 Å². The molecule has 0 bridgehead atoms. The second-order valence-electron chi connectivity index (χ2n) is 5.83. The number of rotatable bonds is 6. The Morgan fingerprint density at radius 2 is 0.960 bits per heavy atom. The van der Waals surface area contributed by atoms with Crippen molar-refractivity contribution in [1.82, 2.24) is 0 Å². The van der Waals surface area contributed by atoms with Crippen LogP contribution >= 0.6 is 0 Å². The number of hydrogen-bond donors (Lipinski definition) is 8. The summed E-state index contributed by atoms with van der Waals surface area (Å²) in [5.74, 6) is 9.82. The van der Waals surface area contributed by atoms with Crippen LogP contribution in [0.25, 0.3) is 0 Å². The topological polar surface area (TPSA) is 220 Å². The fourth-order valence-corrected chi connectivity index (χ4v) is 2.66. The maximum absolute atomic E-state index is 9.97. The van der Waals surface area contributed by atoms with Crippen molar-refractivity contribution in [3.8, 4) is 0 Å². The van der Waals surface area contributed by atoms with Gasteiger partial charge < -0.3 is 54.5 Å². The third-order valence-electron chi connectivity index (χ3n) is 4.13. The third-order valence-corrected chi connectivity index (χ3v) is 4.13. The summed E-state index contributed by atoms with van der Waals surface area (Å²) in [5.41, 5.74) is 0. The highest BCUT2D eigenvalue weighted by Crippen LogP contribution is 2.28. The summed E-state index contributed by atoms with van der Waals surface area (Å²) in [6.45, 7) is -0.631. The molecule has 13 nitrogen and oxygen atoms in total. The minimum absolute atomic E-state index is 0.316. The van der Waals surface area contributed by atoms with Crippen LogP contribution in [-0.4, -0.2) is 105 Å². The van der Waals surface area contributed by atoms with Gasteiger partial charge in [0, 0.05) is 0 Å². The Labute approximate surface area is 142 Å². The van der Waals surface area contributed by atoms with E-state index < -0.39 is 61.4 Å². The van der Waals surface area contributed by atoms with E-state index in [1.54, 1.807) is 0 Å². The van der Waals surface area contributed by atoms with Gasteiger partial charge in [-0.25, -0.2) is 11.8 Å². The molecule has 0 aromatic carbocycles. The lowest BCUT2D eigenvalue weighted by atomic mass is 9.98. The van der Waals surface area contributed by atoms with Crippen LogP contribution in [0.3, 0.4) is 0 Å². The van der Waals surface area contributed by atoms with Gasteiger partial charge in [0.25, 0.3) is 0 Å². The lowest BCUT2D eigenvalue weighted by Gasteiger charge is -2.44. The van der Waals surface area contributed by atoms with Crippen molar-refractivity contribution in [3.05, 3.63) is 0 Å².